The summed E-state index contributed by atoms with van der Waals surface area (Å²) in [5, 5.41) is 0.0382. The lowest BCUT2D eigenvalue weighted by atomic mass is 9.92. The molecule has 0 radical (unpaired) electrons. The van der Waals surface area contributed by atoms with Crippen LogP contribution in [0.1, 0.15) is 25.7 Å². The number of carbonyl (C=O) groups is 1. The van der Waals surface area contributed by atoms with E-state index in [1.165, 1.54) is 17.7 Å². The quantitative estimate of drug-likeness (QED) is 0.546. The van der Waals surface area contributed by atoms with E-state index < -0.39 is 9.05 Å². The van der Waals surface area contributed by atoms with E-state index in [0.29, 0.717) is 12.2 Å². The number of carbonyl (C=O) groups excluding carboxylic acids is 1. The van der Waals surface area contributed by atoms with Crippen molar-refractivity contribution in [1.82, 2.24) is 4.90 Å². The maximum absolute atomic E-state index is 13.1. The highest BCUT2D eigenvalue weighted by Gasteiger charge is 2.39. The summed E-state index contributed by atoms with van der Waals surface area (Å²) in [6.07, 6.45) is 7.72. The van der Waals surface area contributed by atoms with Crippen LogP contribution in [0, 0.1) is 0 Å². The van der Waals surface area contributed by atoms with Crippen LogP contribution in [-0.2, 0) is 13.8 Å². The molecule has 1 unspecified atom stereocenters. The standard InChI is InChI=1S/C19H20Cl2N2O3S/c20-14-3-8-17-13(12-14)2-1-10-23(17)18-9-11-22(19(18)24)15-4-6-16(7-5-15)27(21,25)26/h3-8,14,18H,1-2,9-12H2/t14?,18-/m0/s1. The van der Waals surface area contributed by atoms with Gasteiger partial charge in [-0.3, -0.25) is 4.79 Å². The van der Waals surface area contributed by atoms with Crippen molar-refractivity contribution in [2.24, 2.45) is 0 Å². The van der Waals surface area contributed by atoms with Crippen LogP contribution in [0.15, 0.2) is 52.6 Å². The number of hydrogen-bond donors (Lipinski definition) is 0. The Hall–Kier alpha value is -1.50. The van der Waals surface area contributed by atoms with Crippen LogP contribution in [-0.4, -0.2) is 43.7 Å². The number of allylic oxidation sites excluding steroid dienone is 3. The van der Waals surface area contributed by atoms with E-state index in [1.54, 1.807) is 17.0 Å². The van der Waals surface area contributed by atoms with Gasteiger partial charge in [-0.25, -0.2) is 8.42 Å². The van der Waals surface area contributed by atoms with Gasteiger partial charge in [-0.15, -0.1) is 11.6 Å². The first-order valence-electron chi connectivity index (χ1n) is 9.01. The van der Waals surface area contributed by atoms with Crippen molar-refractivity contribution in [2.75, 3.05) is 18.0 Å². The Kier molecular flexibility index (Phi) is 4.99. The zero-order valence-corrected chi connectivity index (χ0v) is 17.0. The second kappa shape index (κ2) is 7.15. The van der Waals surface area contributed by atoms with E-state index in [-0.39, 0.29) is 22.2 Å². The molecule has 3 aliphatic rings. The van der Waals surface area contributed by atoms with E-state index in [2.05, 4.69) is 11.0 Å². The smallest absolute Gasteiger partial charge is 0.261 e. The highest BCUT2D eigenvalue weighted by molar-refractivity contribution is 8.13. The number of nitrogens with zero attached hydrogens (tertiary/aromatic N) is 2. The van der Waals surface area contributed by atoms with Gasteiger partial charge in [0.1, 0.15) is 6.04 Å². The number of anilines is 1. The second-order valence-corrected chi connectivity index (χ2v) is 10.2. The average Bonchev–Trinajstić information content (AvgIpc) is 3.01. The van der Waals surface area contributed by atoms with Crippen LogP contribution in [0.2, 0.25) is 0 Å². The molecule has 2 atom stereocenters. The first kappa shape index (κ1) is 18.8. The monoisotopic (exact) mass is 426 g/mol. The summed E-state index contributed by atoms with van der Waals surface area (Å²) in [7, 11) is 1.60. The predicted molar refractivity (Wildman–Crippen MR) is 107 cm³/mol. The van der Waals surface area contributed by atoms with Crippen LogP contribution in [0.3, 0.4) is 0 Å². The minimum atomic E-state index is -3.77. The second-order valence-electron chi connectivity index (χ2n) is 7.09. The zero-order chi connectivity index (χ0) is 19.2. The van der Waals surface area contributed by atoms with Crippen molar-refractivity contribution in [3.8, 4) is 0 Å². The third-order valence-electron chi connectivity index (χ3n) is 5.44. The molecule has 4 rings (SSSR count). The Morgan fingerprint density at radius 2 is 1.85 bits per heavy atom. The van der Waals surface area contributed by atoms with Crippen molar-refractivity contribution < 1.29 is 13.2 Å². The molecule has 2 heterocycles. The lowest BCUT2D eigenvalue weighted by molar-refractivity contribution is -0.121. The van der Waals surface area contributed by atoms with Crippen molar-refractivity contribution in [3.63, 3.8) is 0 Å². The zero-order valence-electron chi connectivity index (χ0n) is 14.6. The highest BCUT2D eigenvalue weighted by Crippen LogP contribution is 2.36. The van der Waals surface area contributed by atoms with E-state index in [4.69, 9.17) is 22.3 Å². The largest absolute Gasteiger partial charge is 0.359 e. The molecule has 0 aromatic heterocycles. The van der Waals surface area contributed by atoms with Crippen LogP contribution in [0.25, 0.3) is 0 Å². The SMILES string of the molecule is O=C1[C@@H](N2CCCC3=C2C=CC(Cl)C3)CCN1c1ccc(S(=O)(=O)Cl)cc1. The van der Waals surface area contributed by atoms with Gasteiger partial charge in [0.2, 0.25) is 5.91 Å². The Bertz CT molecular complexity index is 925. The van der Waals surface area contributed by atoms with Crippen molar-refractivity contribution in [3.05, 3.63) is 47.7 Å². The van der Waals surface area contributed by atoms with E-state index in [9.17, 15) is 13.2 Å². The summed E-state index contributed by atoms with van der Waals surface area (Å²) in [6.45, 7) is 1.47. The molecule has 1 amide bonds. The highest BCUT2D eigenvalue weighted by atomic mass is 35.7. The molecule has 27 heavy (non-hydrogen) atoms. The maximum Gasteiger partial charge on any atom is 0.261 e. The fourth-order valence-electron chi connectivity index (χ4n) is 4.16. The average molecular weight is 427 g/mol. The van der Waals surface area contributed by atoms with Gasteiger partial charge in [0.25, 0.3) is 9.05 Å². The topological polar surface area (TPSA) is 57.7 Å². The summed E-state index contributed by atoms with van der Waals surface area (Å²) in [6, 6.07) is 5.95. The molecule has 8 heteroatoms. The third-order valence-corrected chi connectivity index (χ3v) is 7.11. The van der Waals surface area contributed by atoms with Crippen molar-refractivity contribution >= 4 is 42.9 Å². The van der Waals surface area contributed by atoms with Crippen molar-refractivity contribution in [2.45, 2.75) is 42.0 Å². The Morgan fingerprint density at radius 1 is 1.11 bits per heavy atom. The molecule has 1 aromatic rings. The molecule has 0 spiro atoms. The number of hydrogen-bond acceptors (Lipinski definition) is 4. The summed E-state index contributed by atoms with van der Waals surface area (Å²) in [4.78, 5) is 17.1. The molecule has 1 saturated heterocycles. The van der Waals surface area contributed by atoms with Gasteiger partial charge in [-0.1, -0.05) is 6.08 Å². The Balaban J connectivity index is 1.55. The van der Waals surface area contributed by atoms with Gasteiger partial charge in [-0.05, 0) is 61.6 Å². The number of rotatable bonds is 3. The van der Waals surface area contributed by atoms with E-state index >= 15 is 0 Å². The Labute approximate surface area is 168 Å². The van der Waals surface area contributed by atoms with Gasteiger partial charge in [0.05, 0.1) is 10.3 Å². The van der Waals surface area contributed by atoms with Gasteiger partial charge in [-0.2, -0.15) is 0 Å². The maximum atomic E-state index is 13.1. The molecule has 0 N–H and O–H groups in total. The molecule has 0 saturated carbocycles. The molecular formula is C19H20Cl2N2O3S. The van der Waals surface area contributed by atoms with Gasteiger partial charge in [0, 0.05) is 35.2 Å². The van der Waals surface area contributed by atoms with Gasteiger partial charge in [0.15, 0.2) is 0 Å². The molecule has 1 fully saturated rings. The molecular weight excluding hydrogens is 407 g/mol. The molecule has 0 bridgehead atoms. The van der Waals surface area contributed by atoms with Crippen LogP contribution < -0.4 is 4.90 Å². The van der Waals surface area contributed by atoms with Crippen LogP contribution in [0.4, 0.5) is 5.69 Å². The summed E-state index contributed by atoms with van der Waals surface area (Å²) in [5.74, 6) is 0.0478. The molecule has 5 nitrogen and oxygen atoms in total. The van der Waals surface area contributed by atoms with Crippen LogP contribution >= 0.6 is 22.3 Å². The first-order chi connectivity index (χ1) is 12.8. The van der Waals surface area contributed by atoms with Gasteiger partial charge >= 0.3 is 0 Å². The minimum Gasteiger partial charge on any atom is -0.359 e. The van der Waals surface area contributed by atoms with Crippen LogP contribution in [0.5, 0.6) is 0 Å². The number of benzene rings is 1. The van der Waals surface area contributed by atoms with Gasteiger partial charge < -0.3 is 9.80 Å². The minimum absolute atomic E-state index is 0.0323. The van der Waals surface area contributed by atoms with Crippen molar-refractivity contribution in [1.29, 1.82) is 0 Å². The van der Waals surface area contributed by atoms with E-state index in [1.807, 2.05) is 6.08 Å². The number of halogens is 2. The van der Waals surface area contributed by atoms with E-state index in [0.717, 1.165) is 37.9 Å². The molecule has 1 aliphatic carbocycles. The summed E-state index contributed by atoms with van der Waals surface area (Å²) >= 11 is 6.25. The number of amides is 1. The predicted octanol–water partition coefficient (Wildman–Crippen LogP) is 3.64. The Morgan fingerprint density at radius 3 is 2.56 bits per heavy atom. The summed E-state index contributed by atoms with van der Waals surface area (Å²) in [5.41, 5.74) is 3.19. The molecule has 1 aromatic carbocycles. The third kappa shape index (κ3) is 3.62. The normalized spacial score (nSPS) is 25.9. The lowest BCUT2D eigenvalue weighted by Crippen LogP contribution is -2.43. The molecule has 2 aliphatic heterocycles. The molecule has 144 valence electrons. The fraction of sp³-hybridized carbons (Fsp3) is 0.421. The first-order valence-corrected chi connectivity index (χ1v) is 11.8. The lowest BCUT2D eigenvalue weighted by Gasteiger charge is -2.38. The fourth-order valence-corrected chi connectivity index (χ4v) is 5.19. The summed E-state index contributed by atoms with van der Waals surface area (Å²) < 4.78 is 22.8. The number of alkyl halides is 1.